The molecule has 0 saturated carbocycles. The van der Waals surface area contributed by atoms with E-state index in [9.17, 15) is 0 Å². The maximum Gasteiger partial charge on any atom is 0.0482 e. The Morgan fingerprint density at radius 3 is 1.47 bits per heavy atom. The summed E-state index contributed by atoms with van der Waals surface area (Å²) in [6.07, 6.45) is 0. The van der Waals surface area contributed by atoms with E-state index in [1.165, 1.54) is 5.56 Å². The molecule has 0 bridgehead atoms. The Kier molecular flexibility index (Phi) is 6.39. The molecule has 0 heterocycles. The Bertz CT molecular complexity index is 358. The van der Waals surface area contributed by atoms with Gasteiger partial charge in [-0.3, -0.25) is 0 Å². The molecule has 0 aromatic heterocycles. The van der Waals surface area contributed by atoms with Gasteiger partial charge in [0.1, 0.15) is 0 Å². The van der Waals surface area contributed by atoms with Crippen LogP contribution in [0.25, 0.3) is 0 Å². The number of alkyl halides is 1. The predicted octanol–water partition coefficient (Wildman–Crippen LogP) is 7.00. The van der Waals surface area contributed by atoms with Crippen molar-refractivity contribution < 1.29 is 0 Å². The van der Waals surface area contributed by atoms with Gasteiger partial charge in [0.05, 0.1) is 0 Å². The zero-order chi connectivity index (χ0) is 11.7. The minimum absolute atomic E-state index is 0.425. The minimum atomic E-state index is 0.425. The molecule has 1 aromatic rings. The van der Waals surface area contributed by atoms with Crippen molar-refractivity contribution in [3.8, 4) is 0 Å². The Morgan fingerprint density at radius 1 is 0.800 bits per heavy atom. The highest BCUT2D eigenvalue weighted by atomic mass is 79.9. The molecule has 0 nitrogen and oxygen atoms in total. The Morgan fingerprint density at radius 2 is 1.13 bits per heavy atom. The van der Waals surface area contributed by atoms with Crippen LogP contribution in [0.3, 0.4) is 0 Å². The van der Waals surface area contributed by atoms with E-state index in [0.717, 1.165) is 27.7 Å². The maximum absolute atomic E-state index is 3.61. The van der Waals surface area contributed by atoms with Crippen LogP contribution < -0.4 is 0 Å². The predicted molar refractivity (Wildman–Crippen MR) is 87.2 cm³/mol. The van der Waals surface area contributed by atoms with Crippen molar-refractivity contribution in [1.82, 2.24) is 0 Å². The molecule has 1 rings (SSSR count). The first kappa shape index (κ1) is 15.2. The second-order valence-electron chi connectivity index (χ2n) is 3.04. The lowest BCUT2D eigenvalue weighted by atomic mass is 10.0. The summed E-state index contributed by atoms with van der Waals surface area (Å²) in [6, 6.07) is 0. The Labute approximate surface area is 140 Å². The van der Waals surface area contributed by atoms with Crippen molar-refractivity contribution in [1.29, 1.82) is 0 Å². The van der Waals surface area contributed by atoms with Gasteiger partial charge in [-0.1, -0.05) is 22.9 Å². The SMILES string of the molecule is CC(CBr)c1c(Br)c(Br)c(Br)c(Br)c1Br. The lowest BCUT2D eigenvalue weighted by Crippen LogP contribution is -1.99. The molecule has 6 heteroatoms. The largest absolute Gasteiger partial charge is 0.0922 e. The van der Waals surface area contributed by atoms with Crippen molar-refractivity contribution in [2.45, 2.75) is 12.8 Å². The van der Waals surface area contributed by atoms with Crippen molar-refractivity contribution in [2.75, 3.05) is 5.33 Å². The maximum atomic E-state index is 3.61. The number of hydrogen-bond acceptors (Lipinski definition) is 0. The van der Waals surface area contributed by atoms with E-state index in [4.69, 9.17) is 0 Å². The van der Waals surface area contributed by atoms with Crippen LogP contribution in [0.2, 0.25) is 0 Å². The highest BCUT2D eigenvalue weighted by molar-refractivity contribution is 9.15. The molecule has 0 fully saturated rings. The third kappa shape index (κ3) is 3.11. The van der Waals surface area contributed by atoms with Gasteiger partial charge in [0.25, 0.3) is 0 Å². The number of halogens is 6. The zero-order valence-electron chi connectivity index (χ0n) is 7.55. The molecule has 0 N–H and O–H groups in total. The van der Waals surface area contributed by atoms with Gasteiger partial charge in [0, 0.05) is 27.7 Å². The van der Waals surface area contributed by atoms with Gasteiger partial charge < -0.3 is 0 Å². The van der Waals surface area contributed by atoms with E-state index in [2.05, 4.69) is 103 Å². The number of benzene rings is 1. The summed E-state index contributed by atoms with van der Waals surface area (Å²) in [6.45, 7) is 2.17. The van der Waals surface area contributed by atoms with E-state index in [1.54, 1.807) is 0 Å². The molecule has 1 unspecified atom stereocenters. The second-order valence-corrected chi connectivity index (χ2v) is 7.65. The van der Waals surface area contributed by atoms with Gasteiger partial charge in [-0.05, 0) is 91.1 Å². The highest BCUT2D eigenvalue weighted by Gasteiger charge is 2.20. The van der Waals surface area contributed by atoms with Gasteiger partial charge in [0.15, 0.2) is 0 Å². The molecule has 1 aromatic carbocycles. The molecule has 84 valence electrons. The Hall–Kier alpha value is 2.10. The van der Waals surface area contributed by atoms with Crippen LogP contribution in [0.5, 0.6) is 0 Å². The fraction of sp³-hybridized carbons (Fsp3) is 0.333. The molecule has 0 aliphatic heterocycles. The zero-order valence-corrected chi connectivity index (χ0v) is 17.1. The van der Waals surface area contributed by atoms with Crippen LogP contribution in [-0.4, -0.2) is 5.33 Å². The van der Waals surface area contributed by atoms with Crippen LogP contribution in [0.15, 0.2) is 22.4 Å². The quantitative estimate of drug-likeness (QED) is 0.197. The standard InChI is InChI=1S/C9H6Br6/c1-3(2-10)4-5(11)7(13)9(15)8(14)6(4)12/h3H,2H2,1H3. The fourth-order valence-corrected chi connectivity index (χ4v) is 5.31. The summed E-state index contributed by atoms with van der Waals surface area (Å²) < 4.78 is 5.22. The van der Waals surface area contributed by atoms with E-state index >= 15 is 0 Å². The molecule has 0 radical (unpaired) electrons. The fourth-order valence-electron chi connectivity index (χ4n) is 1.13. The first-order valence-corrected chi connectivity index (χ1v) is 9.07. The highest BCUT2D eigenvalue weighted by Crippen LogP contribution is 2.47. The molecule has 1 atom stereocenters. The lowest BCUT2D eigenvalue weighted by Gasteiger charge is -2.17. The van der Waals surface area contributed by atoms with E-state index in [0.29, 0.717) is 5.92 Å². The minimum Gasteiger partial charge on any atom is -0.0922 e. The number of rotatable bonds is 2. The normalized spacial score (nSPS) is 13.0. The summed E-state index contributed by atoms with van der Waals surface area (Å²) in [7, 11) is 0. The van der Waals surface area contributed by atoms with Crippen molar-refractivity contribution >= 4 is 95.6 Å². The smallest absolute Gasteiger partial charge is 0.0482 e. The molecule has 0 saturated heterocycles. The van der Waals surface area contributed by atoms with E-state index in [-0.39, 0.29) is 0 Å². The molecule has 0 aliphatic rings. The third-order valence-electron chi connectivity index (χ3n) is 1.97. The molecular formula is C9H6Br6. The van der Waals surface area contributed by atoms with Crippen LogP contribution in [-0.2, 0) is 0 Å². The van der Waals surface area contributed by atoms with Crippen LogP contribution in [0, 0.1) is 0 Å². The molecule has 15 heavy (non-hydrogen) atoms. The van der Waals surface area contributed by atoms with Crippen LogP contribution in [0.4, 0.5) is 0 Å². The first-order chi connectivity index (χ1) is 6.91. The van der Waals surface area contributed by atoms with Crippen LogP contribution >= 0.6 is 95.6 Å². The number of hydrogen-bond donors (Lipinski definition) is 0. The summed E-state index contributed by atoms with van der Waals surface area (Å²) in [4.78, 5) is 0. The van der Waals surface area contributed by atoms with Gasteiger partial charge in [0.2, 0.25) is 0 Å². The van der Waals surface area contributed by atoms with Gasteiger partial charge in [-0.25, -0.2) is 0 Å². The first-order valence-electron chi connectivity index (χ1n) is 3.99. The molecule has 0 spiro atoms. The lowest BCUT2D eigenvalue weighted by molar-refractivity contribution is 0.871. The molecule has 0 aliphatic carbocycles. The topological polar surface area (TPSA) is 0 Å². The molecular weight excluding hydrogens is 588 g/mol. The summed E-state index contributed by atoms with van der Waals surface area (Å²) in [5.41, 5.74) is 1.24. The van der Waals surface area contributed by atoms with Gasteiger partial charge >= 0.3 is 0 Å². The van der Waals surface area contributed by atoms with Gasteiger partial charge in [-0.2, -0.15) is 0 Å². The Balaban J connectivity index is 3.52. The van der Waals surface area contributed by atoms with Crippen molar-refractivity contribution in [2.24, 2.45) is 0 Å². The molecule has 0 amide bonds. The summed E-state index contributed by atoms with van der Waals surface area (Å²) >= 11 is 21.3. The summed E-state index contributed by atoms with van der Waals surface area (Å²) in [5.74, 6) is 0.425. The van der Waals surface area contributed by atoms with Gasteiger partial charge in [-0.15, -0.1) is 0 Å². The second kappa shape index (κ2) is 6.32. The monoisotopic (exact) mass is 588 g/mol. The van der Waals surface area contributed by atoms with Crippen molar-refractivity contribution in [3.05, 3.63) is 27.9 Å². The third-order valence-corrected chi connectivity index (χ3v) is 9.09. The van der Waals surface area contributed by atoms with E-state index in [1.807, 2.05) is 0 Å². The van der Waals surface area contributed by atoms with Crippen LogP contribution in [0.1, 0.15) is 18.4 Å². The average Bonchev–Trinajstić information content (AvgIpc) is 2.23. The average molecular weight is 594 g/mol. The van der Waals surface area contributed by atoms with E-state index < -0.39 is 0 Å². The summed E-state index contributed by atoms with van der Waals surface area (Å²) in [5, 5.41) is 0.921. The van der Waals surface area contributed by atoms with Crippen molar-refractivity contribution in [3.63, 3.8) is 0 Å².